The molecule has 11 heteroatoms. The highest BCUT2D eigenvalue weighted by atomic mass is 19.4. The molecule has 32 heavy (non-hydrogen) atoms. The van der Waals surface area contributed by atoms with Gasteiger partial charge in [0.15, 0.2) is 6.61 Å². The minimum atomic E-state index is -4.61. The number of carbonyl (C=O) groups excluding carboxylic acids is 2. The number of fused-ring (bicyclic) bond motifs is 3. The van der Waals surface area contributed by atoms with Gasteiger partial charge >= 0.3 is 12.3 Å². The smallest absolute Gasteiger partial charge is 0.433 e. The first-order valence-corrected chi connectivity index (χ1v) is 10.4. The number of aliphatic hydroxyl groups is 1. The fraction of sp³-hybridized carbons (Fsp3) is 0.667. The fourth-order valence-corrected chi connectivity index (χ4v) is 4.29. The normalized spacial score (nSPS) is 27.5. The third-order valence-corrected chi connectivity index (χ3v) is 5.84. The van der Waals surface area contributed by atoms with Crippen molar-refractivity contribution >= 4 is 12.0 Å². The van der Waals surface area contributed by atoms with Gasteiger partial charge < -0.3 is 25.2 Å². The number of amides is 2. The highest BCUT2D eigenvalue weighted by Crippen LogP contribution is 2.47. The molecule has 0 aliphatic heterocycles. The number of hydrogen-bond acceptors (Lipinski definition) is 6. The third-order valence-electron chi connectivity index (χ3n) is 5.84. The standard InChI is InChI=1S/C21H28F3N3O5/c1-18(2,3)32-17(30)27-20-9-7-19(8-10-20,11-14(20)28)26-15(29)12-31-16-6-4-5-13(25-16)21(22,23)24/h4-6,14,28H,7-12H2,1-3H3,(H,26,29)(H,27,30)/t14-,19?,20?/m1/s1. The zero-order valence-corrected chi connectivity index (χ0v) is 18.2. The second kappa shape index (κ2) is 8.42. The lowest BCUT2D eigenvalue weighted by atomic mass is 9.60. The van der Waals surface area contributed by atoms with Gasteiger partial charge in [-0.05, 0) is 58.9 Å². The van der Waals surface area contributed by atoms with E-state index in [9.17, 15) is 27.9 Å². The predicted octanol–water partition coefficient (Wildman–Crippen LogP) is 2.94. The number of alkyl carbamates (subject to hydrolysis) is 1. The molecule has 4 rings (SSSR count). The molecule has 178 valence electrons. The first-order chi connectivity index (χ1) is 14.7. The molecular formula is C21H28F3N3O5. The van der Waals surface area contributed by atoms with Crippen molar-refractivity contribution in [1.82, 2.24) is 15.6 Å². The van der Waals surface area contributed by atoms with E-state index >= 15 is 0 Å². The number of hydrogen-bond donors (Lipinski definition) is 3. The number of alkyl halides is 3. The number of halogens is 3. The first kappa shape index (κ1) is 24.1. The number of ether oxygens (including phenoxy) is 2. The zero-order valence-electron chi connectivity index (χ0n) is 18.2. The Labute approximate surface area is 183 Å². The van der Waals surface area contributed by atoms with E-state index in [1.54, 1.807) is 20.8 Å². The SMILES string of the molecule is CC(C)(C)OC(=O)NC12CCC(NC(=O)COc3cccc(C(F)(F)F)n3)(CC1)C[C@H]2O. The second-order valence-corrected chi connectivity index (χ2v) is 9.48. The summed E-state index contributed by atoms with van der Waals surface area (Å²) in [6.07, 6.45) is -3.92. The Morgan fingerprint density at radius 1 is 1.16 bits per heavy atom. The van der Waals surface area contributed by atoms with E-state index in [1.807, 2.05) is 0 Å². The van der Waals surface area contributed by atoms with Gasteiger partial charge in [-0.15, -0.1) is 0 Å². The number of nitrogens with one attached hydrogen (secondary N) is 2. The van der Waals surface area contributed by atoms with Gasteiger partial charge in [0.25, 0.3) is 5.91 Å². The molecule has 1 aromatic rings. The van der Waals surface area contributed by atoms with Crippen molar-refractivity contribution in [2.75, 3.05) is 6.61 Å². The number of pyridine rings is 1. The molecule has 3 fully saturated rings. The van der Waals surface area contributed by atoms with Crippen molar-refractivity contribution in [2.45, 2.75) is 81.8 Å². The minimum absolute atomic E-state index is 0.232. The van der Waals surface area contributed by atoms with Crippen LogP contribution in [-0.4, -0.2) is 51.5 Å². The Hall–Kier alpha value is -2.56. The molecule has 3 saturated carbocycles. The highest BCUT2D eigenvalue weighted by molar-refractivity contribution is 5.78. The lowest BCUT2D eigenvalue weighted by Crippen LogP contribution is -2.70. The summed E-state index contributed by atoms with van der Waals surface area (Å²) in [5, 5.41) is 16.4. The van der Waals surface area contributed by atoms with Gasteiger partial charge in [-0.25, -0.2) is 9.78 Å². The molecule has 1 heterocycles. The predicted molar refractivity (Wildman–Crippen MR) is 107 cm³/mol. The van der Waals surface area contributed by atoms with Crippen molar-refractivity contribution in [3.63, 3.8) is 0 Å². The molecule has 3 aliphatic rings. The molecule has 0 saturated heterocycles. The Balaban J connectivity index is 1.55. The van der Waals surface area contributed by atoms with Gasteiger partial charge in [0, 0.05) is 11.6 Å². The van der Waals surface area contributed by atoms with Gasteiger partial charge in [0.1, 0.15) is 11.3 Å². The van der Waals surface area contributed by atoms with Gasteiger partial charge in [-0.1, -0.05) is 6.07 Å². The van der Waals surface area contributed by atoms with Crippen LogP contribution in [0.4, 0.5) is 18.0 Å². The molecule has 0 radical (unpaired) electrons. The molecule has 8 nitrogen and oxygen atoms in total. The number of rotatable bonds is 5. The van der Waals surface area contributed by atoms with Gasteiger partial charge in [-0.3, -0.25) is 4.79 Å². The topological polar surface area (TPSA) is 110 Å². The molecule has 3 N–H and O–H groups in total. The largest absolute Gasteiger partial charge is 0.468 e. The summed E-state index contributed by atoms with van der Waals surface area (Å²) in [4.78, 5) is 28.0. The maximum absolute atomic E-state index is 12.7. The lowest BCUT2D eigenvalue weighted by molar-refractivity contribution is -0.141. The summed E-state index contributed by atoms with van der Waals surface area (Å²) in [5.74, 6) is -0.828. The van der Waals surface area contributed by atoms with Crippen LogP contribution in [0.25, 0.3) is 0 Å². The van der Waals surface area contributed by atoms with Crippen LogP contribution in [-0.2, 0) is 15.7 Å². The van der Waals surface area contributed by atoms with Crippen molar-refractivity contribution < 1.29 is 37.3 Å². The third kappa shape index (κ3) is 5.62. The van der Waals surface area contributed by atoms with Crippen LogP contribution in [0.3, 0.4) is 0 Å². The number of aliphatic hydroxyl groups excluding tert-OH is 1. The quantitative estimate of drug-likeness (QED) is 0.625. The molecular weight excluding hydrogens is 431 g/mol. The summed E-state index contributed by atoms with van der Waals surface area (Å²) in [7, 11) is 0. The maximum Gasteiger partial charge on any atom is 0.433 e. The van der Waals surface area contributed by atoms with E-state index in [-0.39, 0.29) is 12.3 Å². The first-order valence-electron chi connectivity index (χ1n) is 10.4. The zero-order chi connectivity index (χ0) is 23.8. The average molecular weight is 459 g/mol. The van der Waals surface area contributed by atoms with Crippen molar-refractivity contribution in [1.29, 1.82) is 0 Å². The van der Waals surface area contributed by atoms with Crippen LogP contribution in [0.15, 0.2) is 18.2 Å². The highest BCUT2D eigenvalue weighted by Gasteiger charge is 2.55. The van der Waals surface area contributed by atoms with Gasteiger partial charge in [0.2, 0.25) is 5.88 Å². The maximum atomic E-state index is 12.7. The molecule has 1 aromatic heterocycles. The average Bonchev–Trinajstić information content (AvgIpc) is 2.66. The summed E-state index contributed by atoms with van der Waals surface area (Å²) >= 11 is 0. The summed E-state index contributed by atoms with van der Waals surface area (Å²) in [5.41, 5.74) is -3.25. The number of aromatic nitrogens is 1. The van der Waals surface area contributed by atoms with E-state index in [1.165, 1.54) is 6.07 Å². The van der Waals surface area contributed by atoms with Crippen LogP contribution in [0.5, 0.6) is 5.88 Å². The van der Waals surface area contributed by atoms with Gasteiger partial charge in [-0.2, -0.15) is 13.2 Å². The van der Waals surface area contributed by atoms with Crippen LogP contribution in [0, 0.1) is 0 Å². The van der Waals surface area contributed by atoms with Crippen LogP contribution < -0.4 is 15.4 Å². The molecule has 0 aromatic carbocycles. The van der Waals surface area contributed by atoms with Crippen LogP contribution in [0.2, 0.25) is 0 Å². The Bertz CT molecular complexity index is 861. The Kier molecular flexibility index (Phi) is 6.34. The molecule has 2 amide bonds. The van der Waals surface area contributed by atoms with Crippen molar-refractivity contribution in [3.8, 4) is 5.88 Å². The van der Waals surface area contributed by atoms with Gasteiger partial charge in [0.05, 0.1) is 11.6 Å². The van der Waals surface area contributed by atoms with E-state index in [0.717, 1.165) is 12.1 Å². The summed E-state index contributed by atoms with van der Waals surface area (Å²) in [6.45, 7) is 4.74. The van der Waals surface area contributed by atoms with E-state index < -0.39 is 53.3 Å². The lowest BCUT2D eigenvalue weighted by Gasteiger charge is -2.56. The van der Waals surface area contributed by atoms with Crippen molar-refractivity contribution in [3.05, 3.63) is 23.9 Å². The van der Waals surface area contributed by atoms with Crippen molar-refractivity contribution in [2.24, 2.45) is 0 Å². The number of nitrogens with zero attached hydrogens (tertiary/aromatic N) is 1. The molecule has 0 unspecified atom stereocenters. The molecule has 3 aliphatic carbocycles. The fourth-order valence-electron chi connectivity index (χ4n) is 4.29. The summed E-state index contributed by atoms with van der Waals surface area (Å²) in [6, 6.07) is 3.20. The summed E-state index contributed by atoms with van der Waals surface area (Å²) < 4.78 is 48.7. The number of carbonyl (C=O) groups is 2. The minimum Gasteiger partial charge on any atom is -0.468 e. The Morgan fingerprint density at radius 2 is 1.81 bits per heavy atom. The Morgan fingerprint density at radius 3 is 2.38 bits per heavy atom. The second-order valence-electron chi connectivity index (χ2n) is 9.48. The molecule has 0 spiro atoms. The molecule has 1 atom stereocenters. The van der Waals surface area contributed by atoms with E-state index in [4.69, 9.17) is 9.47 Å². The monoisotopic (exact) mass is 459 g/mol. The van der Waals surface area contributed by atoms with E-state index in [2.05, 4.69) is 15.6 Å². The molecule has 2 bridgehead atoms. The van der Waals surface area contributed by atoms with Crippen LogP contribution in [0.1, 0.15) is 58.6 Å². The van der Waals surface area contributed by atoms with E-state index in [0.29, 0.717) is 25.7 Å². The van der Waals surface area contributed by atoms with Crippen LogP contribution >= 0.6 is 0 Å².